The van der Waals surface area contributed by atoms with Gasteiger partial charge in [-0.1, -0.05) is 43.4 Å². The fraction of sp³-hybridized carbons (Fsp3) is 0.308. The second-order valence-electron chi connectivity index (χ2n) is 4.38. The van der Waals surface area contributed by atoms with Crippen molar-refractivity contribution in [3.8, 4) is 0 Å². The van der Waals surface area contributed by atoms with E-state index < -0.39 is 0 Å². The van der Waals surface area contributed by atoms with Crippen molar-refractivity contribution in [3.05, 3.63) is 40.3 Å². The van der Waals surface area contributed by atoms with Gasteiger partial charge in [0.2, 0.25) is 0 Å². The van der Waals surface area contributed by atoms with Gasteiger partial charge in [-0.15, -0.1) is 34.2 Å². The first kappa shape index (κ1) is 16.8. The number of aliphatic imine (C=N–C) groups is 1. The molecule has 7 heteroatoms. The van der Waals surface area contributed by atoms with Crippen LogP contribution in [0.2, 0.25) is 0 Å². The molecule has 108 valence electrons. The number of para-hydroxylation sites is 1. The number of hydrogen-bond acceptors (Lipinski definition) is 4. The Labute approximate surface area is 139 Å². The van der Waals surface area contributed by atoms with Crippen molar-refractivity contribution < 1.29 is 0 Å². The Hall–Kier alpha value is -1.22. The molecule has 0 unspecified atom stereocenters. The summed E-state index contributed by atoms with van der Waals surface area (Å²) >= 11 is 1.58. The molecule has 0 spiro atoms. The number of nitrogens with two attached hydrogens (primary N) is 1. The number of anilines is 1. The Kier molecular flexibility index (Phi) is 6.86. The quantitative estimate of drug-likeness (QED) is 0.467. The number of nitrogens with zero attached hydrogens (tertiary/aromatic N) is 3. The summed E-state index contributed by atoms with van der Waals surface area (Å²) < 4.78 is 0. The Morgan fingerprint density at radius 1 is 1.30 bits per heavy atom. The molecule has 2 rings (SSSR count). The summed E-state index contributed by atoms with van der Waals surface area (Å²) in [6.07, 6.45) is 0. The molecule has 0 atom stereocenters. The van der Waals surface area contributed by atoms with Crippen molar-refractivity contribution >= 4 is 47.0 Å². The van der Waals surface area contributed by atoms with E-state index in [0.29, 0.717) is 18.4 Å². The standard InChI is InChI=1S/C13H17N5S.HI/c1-9(2)12-18-17-11(19-12)8-15-13(14)16-10-6-4-3-5-7-10;/h3-7,9H,8H2,1-2H3,(H3,14,15,16);1H. The molecule has 1 aromatic carbocycles. The van der Waals surface area contributed by atoms with E-state index >= 15 is 0 Å². The summed E-state index contributed by atoms with van der Waals surface area (Å²) in [5.74, 6) is 0.780. The molecule has 20 heavy (non-hydrogen) atoms. The third-order valence-electron chi connectivity index (χ3n) is 2.41. The third-order valence-corrected chi connectivity index (χ3v) is 3.62. The molecule has 0 saturated carbocycles. The van der Waals surface area contributed by atoms with Crippen LogP contribution in [-0.4, -0.2) is 16.2 Å². The van der Waals surface area contributed by atoms with Crippen molar-refractivity contribution in [2.24, 2.45) is 10.7 Å². The van der Waals surface area contributed by atoms with Crippen LogP contribution < -0.4 is 11.1 Å². The molecule has 2 aromatic rings. The first-order valence-electron chi connectivity index (χ1n) is 6.09. The Balaban J connectivity index is 0.00000200. The number of nitrogens with one attached hydrogen (secondary N) is 1. The number of guanidine groups is 1. The summed E-state index contributed by atoms with van der Waals surface area (Å²) in [7, 11) is 0. The first-order chi connectivity index (χ1) is 9.15. The summed E-state index contributed by atoms with van der Waals surface area (Å²) in [4.78, 5) is 4.25. The van der Waals surface area contributed by atoms with E-state index in [1.165, 1.54) is 0 Å². The predicted octanol–water partition coefficient (Wildman–Crippen LogP) is 3.21. The number of rotatable bonds is 4. The van der Waals surface area contributed by atoms with E-state index in [-0.39, 0.29) is 24.0 Å². The molecule has 0 radical (unpaired) electrons. The fourth-order valence-electron chi connectivity index (χ4n) is 1.43. The van der Waals surface area contributed by atoms with Crippen molar-refractivity contribution in [2.45, 2.75) is 26.3 Å². The van der Waals surface area contributed by atoms with Crippen LogP contribution in [0.1, 0.15) is 29.8 Å². The maximum Gasteiger partial charge on any atom is 0.193 e. The van der Waals surface area contributed by atoms with Gasteiger partial charge < -0.3 is 11.1 Å². The van der Waals surface area contributed by atoms with E-state index in [1.54, 1.807) is 11.3 Å². The second-order valence-corrected chi connectivity index (χ2v) is 5.47. The largest absolute Gasteiger partial charge is 0.370 e. The average Bonchev–Trinajstić information content (AvgIpc) is 2.86. The summed E-state index contributed by atoms with van der Waals surface area (Å²) in [6.45, 7) is 4.65. The van der Waals surface area contributed by atoms with Crippen molar-refractivity contribution in [3.63, 3.8) is 0 Å². The van der Waals surface area contributed by atoms with Gasteiger partial charge in [0.25, 0.3) is 0 Å². The smallest absolute Gasteiger partial charge is 0.193 e. The van der Waals surface area contributed by atoms with Crippen LogP contribution >= 0.6 is 35.3 Å². The summed E-state index contributed by atoms with van der Waals surface area (Å²) in [5.41, 5.74) is 6.74. The van der Waals surface area contributed by atoms with Gasteiger partial charge in [-0.25, -0.2) is 4.99 Å². The van der Waals surface area contributed by atoms with Crippen LogP contribution in [0.15, 0.2) is 35.3 Å². The number of benzene rings is 1. The van der Waals surface area contributed by atoms with Gasteiger partial charge in [-0.05, 0) is 12.1 Å². The van der Waals surface area contributed by atoms with E-state index in [2.05, 4.69) is 34.4 Å². The van der Waals surface area contributed by atoms with Crippen LogP contribution in [-0.2, 0) is 6.54 Å². The maximum atomic E-state index is 5.82. The first-order valence-corrected chi connectivity index (χ1v) is 6.91. The summed E-state index contributed by atoms with van der Waals surface area (Å²) in [5, 5.41) is 13.1. The molecule has 5 nitrogen and oxygen atoms in total. The van der Waals surface area contributed by atoms with E-state index in [0.717, 1.165) is 15.7 Å². The lowest BCUT2D eigenvalue weighted by atomic mass is 10.2. The highest BCUT2D eigenvalue weighted by Gasteiger charge is 2.07. The van der Waals surface area contributed by atoms with Crippen LogP contribution in [0, 0.1) is 0 Å². The monoisotopic (exact) mass is 403 g/mol. The minimum absolute atomic E-state index is 0. The third kappa shape index (κ3) is 5.04. The van der Waals surface area contributed by atoms with Crippen molar-refractivity contribution in [1.29, 1.82) is 0 Å². The Morgan fingerprint density at radius 3 is 2.60 bits per heavy atom. The molecule has 0 amide bonds. The number of aromatic nitrogens is 2. The zero-order chi connectivity index (χ0) is 13.7. The lowest BCUT2D eigenvalue weighted by Crippen LogP contribution is -2.22. The molecular formula is C13H18IN5S. The molecule has 0 aliphatic heterocycles. The molecular weight excluding hydrogens is 385 g/mol. The highest BCUT2D eigenvalue weighted by Crippen LogP contribution is 2.19. The molecule has 0 aliphatic rings. The Morgan fingerprint density at radius 2 is 2.00 bits per heavy atom. The zero-order valence-corrected chi connectivity index (χ0v) is 14.6. The second kappa shape index (κ2) is 8.15. The highest BCUT2D eigenvalue weighted by molar-refractivity contribution is 14.0. The van der Waals surface area contributed by atoms with Crippen LogP contribution in [0.3, 0.4) is 0 Å². The van der Waals surface area contributed by atoms with Crippen LogP contribution in [0.25, 0.3) is 0 Å². The van der Waals surface area contributed by atoms with Crippen LogP contribution in [0.4, 0.5) is 5.69 Å². The van der Waals surface area contributed by atoms with Gasteiger partial charge in [0.15, 0.2) is 5.96 Å². The lowest BCUT2D eigenvalue weighted by Gasteiger charge is -2.03. The van der Waals surface area contributed by atoms with Crippen molar-refractivity contribution in [2.75, 3.05) is 5.32 Å². The lowest BCUT2D eigenvalue weighted by molar-refractivity contribution is 0.816. The summed E-state index contributed by atoms with van der Waals surface area (Å²) in [6, 6.07) is 9.70. The predicted molar refractivity (Wildman–Crippen MR) is 94.8 cm³/mol. The van der Waals surface area contributed by atoms with Gasteiger partial charge >= 0.3 is 0 Å². The van der Waals surface area contributed by atoms with Gasteiger partial charge in [0.1, 0.15) is 10.0 Å². The molecule has 3 N–H and O–H groups in total. The number of halogens is 1. The topological polar surface area (TPSA) is 76.2 Å². The van der Waals surface area contributed by atoms with Gasteiger partial charge in [0, 0.05) is 11.6 Å². The fourth-order valence-corrected chi connectivity index (χ4v) is 2.20. The van der Waals surface area contributed by atoms with Gasteiger partial charge in [-0.3, -0.25) is 0 Å². The molecule has 0 fully saturated rings. The maximum absolute atomic E-state index is 5.82. The SMILES string of the molecule is CC(C)c1nnc(CN=C(N)Nc2ccccc2)s1.I. The average molecular weight is 403 g/mol. The normalized spacial score (nSPS) is 11.2. The van der Waals surface area contributed by atoms with E-state index in [1.807, 2.05) is 30.3 Å². The zero-order valence-electron chi connectivity index (χ0n) is 11.4. The molecule has 0 bridgehead atoms. The molecule has 0 aliphatic carbocycles. The van der Waals surface area contributed by atoms with Gasteiger partial charge in [-0.2, -0.15) is 0 Å². The van der Waals surface area contributed by atoms with E-state index in [9.17, 15) is 0 Å². The van der Waals surface area contributed by atoms with Crippen LogP contribution in [0.5, 0.6) is 0 Å². The minimum Gasteiger partial charge on any atom is -0.370 e. The number of hydrogen-bond donors (Lipinski definition) is 2. The molecule has 1 heterocycles. The minimum atomic E-state index is 0. The van der Waals surface area contributed by atoms with Gasteiger partial charge in [0.05, 0.1) is 6.54 Å². The van der Waals surface area contributed by atoms with E-state index in [4.69, 9.17) is 5.73 Å². The molecule has 1 aromatic heterocycles. The molecule has 0 saturated heterocycles. The Bertz CT molecular complexity index is 553. The van der Waals surface area contributed by atoms with Crippen molar-refractivity contribution in [1.82, 2.24) is 10.2 Å². The highest BCUT2D eigenvalue weighted by atomic mass is 127.